The highest BCUT2D eigenvalue weighted by molar-refractivity contribution is 5.12. The van der Waals surface area contributed by atoms with Gasteiger partial charge in [0.2, 0.25) is 0 Å². The standard InChI is InChI=1S/C7H11F2N3/c1-4(2)6-5(3)10-11-12(6)7(8)9/h4,7H,1-3H3. The molecule has 3 nitrogen and oxygen atoms in total. The van der Waals surface area contributed by atoms with Crippen molar-refractivity contribution in [3.8, 4) is 0 Å². The normalized spacial score (nSPS) is 11.6. The molecule has 5 heteroatoms. The van der Waals surface area contributed by atoms with E-state index in [4.69, 9.17) is 0 Å². The van der Waals surface area contributed by atoms with E-state index in [2.05, 4.69) is 10.3 Å². The number of nitrogens with zero attached hydrogens (tertiary/aromatic N) is 3. The van der Waals surface area contributed by atoms with Crippen LogP contribution in [0.5, 0.6) is 0 Å². The van der Waals surface area contributed by atoms with E-state index in [1.807, 2.05) is 13.8 Å². The smallest absolute Gasteiger partial charge is 0.187 e. The van der Waals surface area contributed by atoms with Crippen LogP contribution < -0.4 is 0 Å². The Labute approximate surface area is 69.4 Å². The Morgan fingerprint density at radius 3 is 2.25 bits per heavy atom. The van der Waals surface area contributed by atoms with Crippen LogP contribution in [0.1, 0.15) is 37.7 Å². The topological polar surface area (TPSA) is 30.7 Å². The summed E-state index contributed by atoms with van der Waals surface area (Å²) >= 11 is 0. The van der Waals surface area contributed by atoms with Crippen LogP contribution in [-0.4, -0.2) is 15.0 Å². The summed E-state index contributed by atoms with van der Waals surface area (Å²) in [6, 6.07) is 0. The third kappa shape index (κ3) is 1.44. The van der Waals surface area contributed by atoms with E-state index < -0.39 is 6.55 Å². The third-order valence-corrected chi connectivity index (χ3v) is 1.64. The Kier molecular flexibility index (Phi) is 2.40. The summed E-state index contributed by atoms with van der Waals surface area (Å²) in [7, 11) is 0. The summed E-state index contributed by atoms with van der Waals surface area (Å²) in [6.45, 7) is 2.76. The van der Waals surface area contributed by atoms with Crippen LogP contribution in [0.4, 0.5) is 8.78 Å². The molecule has 0 fully saturated rings. The van der Waals surface area contributed by atoms with Crippen molar-refractivity contribution < 1.29 is 8.78 Å². The van der Waals surface area contributed by atoms with E-state index in [1.165, 1.54) is 0 Å². The second kappa shape index (κ2) is 3.16. The van der Waals surface area contributed by atoms with Crippen molar-refractivity contribution in [2.75, 3.05) is 0 Å². The molecule has 1 heterocycles. The zero-order valence-electron chi connectivity index (χ0n) is 7.25. The predicted octanol–water partition coefficient (Wildman–Crippen LogP) is 2.11. The lowest BCUT2D eigenvalue weighted by Crippen LogP contribution is -2.07. The molecule has 0 atom stereocenters. The van der Waals surface area contributed by atoms with Crippen molar-refractivity contribution in [1.82, 2.24) is 15.0 Å². The number of aryl methyl sites for hydroxylation is 1. The Bertz CT molecular complexity index is 268. The number of halogens is 2. The summed E-state index contributed by atoms with van der Waals surface area (Å²) in [4.78, 5) is 0. The second-order valence-electron chi connectivity index (χ2n) is 2.94. The summed E-state index contributed by atoms with van der Waals surface area (Å²) in [5.41, 5.74) is 1.08. The molecule has 12 heavy (non-hydrogen) atoms. The molecule has 0 aromatic carbocycles. The minimum atomic E-state index is -2.59. The van der Waals surface area contributed by atoms with E-state index in [0.717, 1.165) is 0 Å². The number of hydrogen-bond donors (Lipinski definition) is 0. The highest BCUT2D eigenvalue weighted by atomic mass is 19.3. The van der Waals surface area contributed by atoms with Gasteiger partial charge in [-0.25, -0.2) is 0 Å². The van der Waals surface area contributed by atoms with Crippen molar-refractivity contribution in [2.24, 2.45) is 0 Å². The molecule has 0 N–H and O–H groups in total. The fourth-order valence-electron chi connectivity index (χ4n) is 1.21. The summed E-state index contributed by atoms with van der Waals surface area (Å²) in [6.07, 6.45) is 0. The van der Waals surface area contributed by atoms with Gasteiger partial charge in [-0.2, -0.15) is 13.5 Å². The number of hydrogen-bond acceptors (Lipinski definition) is 2. The van der Waals surface area contributed by atoms with Crippen molar-refractivity contribution >= 4 is 0 Å². The van der Waals surface area contributed by atoms with Gasteiger partial charge in [0, 0.05) is 0 Å². The highest BCUT2D eigenvalue weighted by Gasteiger charge is 2.18. The van der Waals surface area contributed by atoms with Crippen molar-refractivity contribution in [3.05, 3.63) is 11.4 Å². The van der Waals surface area contributed by atoms with E-state index in [-0.39, 0.29) is 5.92 Å². The lowest BCUT2D eigenvalue weighted by molar-refractivity contribution is 0.0507. The fourth-order valence-corrected chi connectivity index (χ4v) is 1.21. The molecule has 0 aliphatic carbocycles. The van der Waals surface area contributed by atoms with Crippen molar-refractivity contribution in [3.63, 3.8) is 0 Å². The maximum absolute atomic E-state index is 12.3. The Morgan fingerprint density at radius 2 is 1.92 bits per heavy atom. The monoisotopic (exact) mass is 175 g/mol. The lowest BCUT2D eigenvalue weighted by atomic mass is 10.1. The zero-order valence-corrected chi connectivity index (χ0v) is 7.25. The molecule has 0 bridgehead atoms. The molecule has 68 valence electrons. The van der Waals surface area contributed by atoms with Crippen LogP contribution in [0.15, 0.2) is 0 Å². The Balaban J connectivity index is 3.12. The molecule has 1 aromatic heterocycles. The first-order valence-electron chi connectivity index (χ1n) is 3.74. The van der Waals surface area contributed by atoms with Crippen LogP contribution in [-0.2, 0) is 0 Å². The molecule has 0 aliphatic rings. The molecule has 0 saturated carbocycles. The molecule has 0 amide bonds. The lowest BCUT2D eigenvalue weighted by Gasteiger charge is -2.07. The quantitative estimate of drug-likeness (QED) is 0.689. The van der Waals surface area contributed by atoms with E-state index in [1.54, 1.807) is 6.92 Å². The minimum absolute atomic E-state index is 0.0222. The first kappa shape index (κ1) is 9.09. The van der Waals surface area contributed by atoms with Crippen LogP contribution in [0.25, 0.3) is 0 Å². The Morgan fingerprint density at radius 1 is 1.33 bits per heavy atom. The summed E-state index contributed by atoms with van der Waals surface area (Å²) in [5, 5.41) is 6.95. The van der Waals surface area contributed by atoms with E-state index in [9.17, 15) is 8.78 Å². The van der Waals surface area contributed by atoms with Gasteiger partial charge in [0.15, 0.2) is 0 Å². The third-order valence-electron chi connectivity index (χ3n) is 1.64. The maximum Gasteiger partial charge on any atom is 0.334 e. The van der Waals surface area contributed by atoms with Gasteiger partial charge in [-0.15, -0.1) is 5.10 Å². The van der Waals surface area contributed by atoms with Crippen LogP contribution in [0.2, 0.25) is 0 Å². The first-order chi connectivity index (χ1) is 5.54. The van der Waals surface area contributed by atoms with Crippen LogP contribution >= 0.6 is 0 Å². The summed E-state index contributed by atoms with van der Waals surface area (Å²) < 4.78 is 25.2. The van der Waals surface area contributed by atoms with Gasteiger partial charge in [0.1, 0.15) is 0 Å². The molecule has 0 aliphatic heterocycles. The van der Waals surface area contributed by atoms with Gasteiger partial charge in [-0.3, -0.25) is 0 Å². The van der Waals surface area contributed by atoms with Gasteiger partial charge in [0.05, 0.1) is 11.4 Å². The van der Waals surface area contributed by atoms with E-state index in [0.29, 0.717) is 16.1 Å². The van der Waals surface area contributed by atoms with Gasteiger partial charge >= 0.3 is 6.55 Å². The zero-order chi connectivity index (χ0) is 9.30. The molecule has 1 aromatic rings. The van der Waals surface area contributed by atoms with Gasteiger partial charge in [-0.05, 0) is 12.8 Å². The van der Waals surface area contributed by atoms with Gasteiger partial charge in [-0.1, -0.05) is 19.1 Å². The Hall–Kier alpha value is -1.00. The molecule has 0 unspecified atom stereocenters. The highest BCUT2D eigenvalue weighted by Crippen LogP contribution is 2.21. The van der Waals surface area contributed by atoms with Crippen LogP contribution in [0.3, 0.4) is 0 Å². The van der Waals surface area contributed by atoms with Crippen molar-refractivity contribution in [1.29, 1.82) is 0 Å². The molecular formula is C7H11F2N3. The first-order valence-corrected chi connectivity index (χ1v) is 3.74. The minimum Gasteiger partial charge on any atom is -0.187 e. The molecule has 0 spiro atoms. The summed E-state index contributed by atoms with van der Waals surface area (Å²) in [5.74, 6) is 0.0222. The SMILES string of the molecule is Cc1nnn(C(F)F)c1C(C)C. The molecule has 0 radical (unpaired) electrons. The predicted molar refractivity (Wildman–Crippen MR) is 40.1 cm³/mol. The average Bonchev–Trinajstić information content (AvgIpc) is 2.30. The van der Waals surface area contributed by atoms with E-state index >= 15 is 0 Å². The van der Waals surface area contributed by atoms with Crippen molar-refractivity contribution in [2.45, 2.75) is 33.2 Å². The van der Waals surface area contributed by atoms with Crippen LogP contribution in [0, 0.1) is 6.92 Å². The van der Waals surface area contributed by atoms with Gasteiger partial charge < -0.3 is 0 Å². The molecule has 1 rings (SSSR count). The van der Waals surface area contributed by atoms with Gasteiger partial charge in [0.25, 0.3) is 0 Å². The largest absolute Gasteiger partial charge is 0.334 e. The molecule has 0 saturated heterocycles. The number of rotatable bonds is 2. The average molecular weight is 175 g/mol. The maximum atomic E-state index is 12.3. The number of aromatic nitrogens is 3. The number of alkyl halides is 2. The second-order valence-corrected chi connectivity index (χ2v) is 2.94. The molecular weight excluding hydrogens is 164 g/mol. The fraction of sp³-hybridized carbons (Fsp3) is 0.714.